The van der Waals surface area contributed by atoms with Crippen LogP contribution in [0.25, 0.3) is 0 Å². The summed E-state index contributed by atoms with van der Waals surface area (Å²) < 4.78 is 0. The fourth-order valence-corrected chi connectivity index (χ4v) is 1.89. The zero-order valence-electron chi connectivity index (χ0n) is 10.8. The highest BCUT2D eigenvalue weighted by atomic mass is 16.4. The molecule has 1 N–H and O–H groups in total. The molecule has 2 amide bonds. The Morgan fingerprint density at radius 2 is 2.21 bits per heavy atom. The smallest absolute Gasteiger partial charge is 0.324 e. The summed E-state index contributed by atoms with van der Waals surface area (Å²) in [5.41, 5.74) is 0.702. The topological polar surface area (TPSA) is 73.7 Å². The highest BCUT2D eigenvalue weighted by Crippen LogP contribution is 2.28. The lowest BCUT2D eigenvalue weighted by Crippen LogP contribution is -2.43. The van der Waals surface area contributed by atoms with Gasteiger partial charge in [0.05, 0.1) is 18.3 Å². The number of hydrogen-bond acceptors (Lipinski definition) is 3. The molecule has 19 heavy (non-hydrogen) atoms. The Morgan fingerprint density at radius 1 is 1.47 bits per heavy atom. The number of anilines is 1. The van der Waals surface area contributed by atoms with Gasteiger partial charge in [-0.3, -0.25) is 14.7 Å². The number of nitrogens with zero attached hydrogens (tertiary/aromatic N) is 3. The predicted molar refractivity (Wildman–Crippen MR) is 70.0 cm³/mol. The normalized spacial score (nSPS) is 13.9. The number of carboxylic acid groups (broad SMARTS) is 1. The monoisotopic (exact) mass is 263 g/mol. The molecule has 0 bridgehead atoms. The Balaban J connectivity index is 2.04. The van der Waals surface area contributed by atoms with Crippen LogP contribution < -0.4 is 4.90 Å². The predicted octanol–water partition coefficient (Wildman–Crippen LogP) is 1.58. The third-order valence-electron chi connectivity index (χ3n) is 3.12. The minimum Gasteiger partial charge on any atom is -0.481 e. The van der Waals surface area contributed by atoms with Crippen molar-refractivity contribution in [2.75, 3.05) is 18.5 Å². The first-order valence-electron chi connectivity index (χ1n) is 6.25. The third kappa shape index (κ3) is 3.43. The van der Waals surface area contributed by atoms with Crippen molar-refractivity contribution in [2.24, 2.45) is 0 Å². The summed E-state index contributed by atoms with van der Waals surface area (Å²) in [6.45, 7) is 0.253. The molecule has 0 atom stereocenters. The molecule has 0 spiro atoms. The molecule has 6 heteroatoms. The lowest BCUT2D eigenvalue weighted by molar-refractivity contribution is -0.137. The van der Waals surface area contributed by atoms with E-state index in [4.69, 9.17) is 5.11 Å². The molecule has 1 aliphatic carbocycles. The second-order valence-corrected chi connectivity index (χ2v) is 4.62. The maximum Gasteiger partial charge on any atom is 0.324 e. The summed E-state index contributed by atoms with van der Waals surface area (Å²) in [5, 5.41) is 8.74. The Hall–Kier alpha value is -2.11. The number of carbonyl (C=O) groups is 2. The van der Waals surface area contributed by atoms with E-state index in [-0.39, 0.29) is 25.0 Å². The average Bonchev–Trinajstić information content (AvgIpc) is 3.23. The van der Waals surface area contributed by atoms with E-state index >= 15 is 0 Å². The van der Waals surface area contributed by atoms with Crippen molar-refractivity contribution in [1.82, 2.24) is 9.88 Å². The summed E-state index contributed by atoms with van der Waals surface area (Å²) in [6, 6.07) is 3.58. The fourth-order valence-electron chi connectivity index (χ4n) is 1.89. The summed E-state index contributed by atoms with van der Waals surface area (Å²) >= 11 is 0. The molecule has 1 aliphatic rings. The second-order valence-electron chi connectivity index (χ2n) is 4.62. The van der Waals surface area contributed by atoms with Crippen LogP contribution in [0.15, 0.2) is 24.5 Å². The minimum atomic E-state index is -0.887. The Labute approximate surface area is 111 Å². The number of hydrogen-bond donors (Lipinski definition) is 1. The van der Waals surface area contributed by atoms with Crippen molar-refractivity contribution < 1.29 is 14.7 Å². The fraction of sp³-hybridized carbons (Fsp3) is 0.462. The van der Waals surface area contributed by atoms with E-state index in [9.17, 15) is 9.59 Å². The Bertz CT molecular complexity index is 459. The third-order valence-corrected chi connectivity index (χ3v) is 3.12. The van der Waals surface area contributed by atoms with E-state index in [0.717, 1.165) is 12.8 Å². The quantitative estimate of drug-likeness (QED) is 0.875. The Morgan fingerprint density at radius 3 is 2.74 bits per heavy atom. The van der Waals surface area contributed by atoms with Crippen LogP contribution in [-0.2, 0) is 4.79 Å². The molecule has 6 nitrogen and oxygen atoms in total. The summed E-state index contributed by atoms with van der Waals surface area (Å²) in [7, 11) is 1.68. The molecule has 0 aliphatic heterocycles. The molecule has 0 unspecified atom stereocenters. The maximum absolute atomic E-state index is 12.4. The molecule has 2 rings (SSSR count). The van der Waals surface area contributed by atoms with Crippen molar-refractivity contribution in [3.05, 3.63) is 24.5 Å². The summed E-state index contributed by atoms with van der Waals surface area (Å²) in [4.78, 5) is 30.1. The van der Waals surface area contributed by atoms with E-state index in [0.29, 0.717) is 5.69 Å². The number of carboxylic acids is 1. The standard InChI is InChI=1S/C13H17N3O3/c1-15(11-3-2-7-14-9-11)13(19)16(10-4-5-10)8-6-12(17)18/h2-3,7,9-10H,4-6,8H2,1H3,(H,17,18). The lowest BCUT2D eigenvalue weighted by Gasteiger charge is -2.27. The zero-order valence-corrected chi connectivity index (χ0v) is 10.8. The van der Waals surface area contributed by atoms with E-state index in [1.54, 1.807) is 36.5 Å². The van der Waals surface area contributed by atoms with Gasteiger partial charge < -0.3 is 10.0 Å². The Kier molecular flexibility index (Phi) is 3.99. The summed E-state index contributed by atoms with van der Waals surface area (Å²) in [5.74, 6) is -0.887. The van der Waals surface area contributed by atoms with Gasteiger partial charge in [0, 0.05) is 25.8 Å². The van der Waals surface area contributed by atoms with Crippen LogP contribution in [0.2, 0.25) is 0 Å². The van der Waals surface area contributed by atoms with Gasteiger partial charge in [0.1, 0.15) is 0 Å². The highest BCUT2D eigenvalue weighted by molar-refractivity contribution is 5.91. The first-order chi connectivity index (χ1) is 9.09. The zero-order chi connectivity index (χ0) is 13.8. The molecule has 1 heterocycles. The van der Waals surface area contributed by atoms with Crippen molar-refractivity contribution in [3.8, 4) is 0 Å². The van der Waals surface area contributed by atoms with Crippen LogP contribution in [0.5, 0.6) is 0 Å². The van der Waals surface area contributed by atoms with Gasteiger partial charge in [-0.15, -0.1) is 0 Å². The number of aliphatic carboxylic acids is 1. The molecule has 1 aromatic rings. The lowest BCUT2D eigenvalue weighted by atomic mass is 10.3. The van der Waals surface area contributed by atoms with Gasteiger partial charge in [-0.2, -0.15) is 0 Å². The van der Waals surface area contributed by atoms with Gasteiger partial charge in [0.2, 0.25) is 0 Å². The van der Waals surface area contributed by atoms with Crippen molar-refractivity contribution in [1.29, 1.82) is 0 Å². The van der Waals surface area contributed by atoms with Gasteiger partial charge in [-0.1, -0.05) is 0 Å². The van der Waals surface area contributed by atoms with Crippen molar-refractivity contribution in [3.63, 3.8) is 0 Å². The number of carbonyl (C=O) groups excluding carboxylic acids is 1. The van der Waals surface area contributed by atoms with Crippen LogP contribution in [0.1, 0.15) is 19.3 Å². The molecule has 102 valence electrons. The van der Waals surface area contributed by atoms with Crippen LogP contribution in [0.4, 0.5) is 10.5 Å². The van der Waals surface area contributed by atoms with Gasteiger partial charge in [-0.05, 0) is 25.0 Å². The highest BCUT2D eigenvalue weighted by Gasteiger charge is 2.34. The number of pyridine rings is 1. The molecule has 0 saturated heterocycles. The van der Waals surface area contributed by atoms with Crippen LogP contribution in [0.3, 0.4) is 0 Å². The van der Waals surface area contributed by atoms with Gasteiger partial charge in [-0.25, -0.2) is 4.79 Å². The molecule has 0 aromatic carbocycles. The van der Waals surface area contributed by atoms with Crippen LogP contribution in [0, 0.1) is 0 Å². The van der Waals surface area contributed by atoms with E-state index in [1.807, 2.05) is 0 Å². The molecular formula is C13H17N3O3. The SMILES string of the molecule is CN(C(=O)N(CCC(=O)O)C1CC1)c1cccnc1. The van der Waals surface area contributed by atoms with Gasteiger partial charge >= 0.3 is 12.0 Å². The first-order valence-corrected chi connectivity index (χ1v) is 6.25. The molecule has 1 fully saturated rings. The molecule has 1 aromatic heterocycles. The van der Waals surface area contributed by atoms with E-state index < -0.39 is 5.97 Å². The van der Waals surface area contributed by atoms with Gasteiger partial charge in [0.25, 0.3) is 0 Å². The van der Waals surface area contributed by atoms with Crippen LogP contribution >= 0.6 is 0 Å². The molecular weight excluding hydrogens is 246 g/mol. The van der Waals surface area contributed by atoms with E-state index in [2.05, 4.69) is 4.98 Å². The molecule has 1 saturated carbocycles. The minimum absolute atomic E-state index is 0.0247. The van der Waals surface area contributed by atoms with Crippen LogP contribution in [-0.4, -0.2) is 46.6 Å². The number of aromatic nitrogens is 1. The number of rotatable bonds is 5. The van der Waals surface area contributed by atoms with Crippen molar-refractivity contribution in [2.45, 2.75) is 25.3 Å². The first kappa shape index (κ1) is 13.3. The van der Waals surface area contributed by atoms with Crippen molar-refractivity contribution >= 4 is 17.7 Å². The second kappa shape index (κ2) is 5.69. The van der Waals surface area contributed by atoms with Gasteiger partial charge in [0.15, 0.2) is 0 Å². The average molecular weight is 263 g/mol. The number of amides is 2. The summed E-state index contributed by atoms with van der Waals surface area (Å²) in [6.07, 6.45) is 5.13. The largest absolute Gasteiger partial charge is 0.481 e. The maximum atomic E-state index is 12.4. The molecule has 0 radical (unpaired) electrons. The number of urea groups is 1. The van der Waals surface area contributed by atoms with E-state index in [1.165, 1.54) is 4.90 Å².